The number of benzene rings is 6. The van der Waals surface area contributed by atoms with E-state index in [0.29, 0.717) is 11.5 Å². The summed E-state index contributed by atoms with van der Waals surface area (Å²) >= 11 is 0. The average molecular weight is 531 g/mol. The third kappa shape index (κ3) is 4.24. The Morgan fingerprint density at radius 3 is 0.950 bits per heavy atom. The molecule has 0 aliphatic heterocycles. The van der Waals surface area contributed by atoms with Crippen LogP contribution in [0, 0.1) is 0 Å². The highest BCUT2D eigenvalue weighted by Crippen LogP contribution is 2.49. The molecular formula is C34H26O6. The van der Waals surface area contributed by atoms with Gasteiger partial charge in [0.2, 0.25) is 0 Å². The summed E-state index contributed by atoms with van der Waals surface area (Å²) in [7, 11) is 0. The second-order valence-electron chi connectivity index (χ2n) is 9.16. The van der Waals surface area contributed by atoms with Gasteiger partial charge in [0.1, 0.15) is 11.5 Å². The summed E-state index contributed by atoms with van der Waals surface area (Å²) in [6.07, 6.45) is -1.50. The Bertz CT molecular complexity index is 1670. The SMILES string of the molecule is CCOC(=O)Oc1c2ccccc2c(-c2c3ccccc3c(OC(=O)OCC)c3ccccc23)c2ccccc12. The lowest BCUT2D eigenvalue weighted by Gasteiger charge is -2.21. The first-order chi connectivity index (χ1) is 19.6. The molecule has 0 heterocycles. The third-order valence-electron chi connectivity index (χ3n) is 6.91. The second kappa shape index (κ2) is 10.6. The first-order valence-electron chi connectivity index (χ1n) is 13.2. The second-order valence-corrected chi connectivity index (χ2v) is 9.16. The molecule has 6 aromatic carbocycles. The Morgan fingerprint density at radius 2 is 0.700 bits per heavy atom. The van der Waals surface area contributed by atoms with Crippen LogP contribution in [0.5, 0.6) is 11.5 Å². The fourth-order valence-corrected chi connectivity index (χ4v) is 5.40. The molecular weight excluding hydrogens is 504 g/mol. The van der Waals surface area contributed by atoms with E-state index in [4.69, 9.17) is 18.9 Å². The average Bonchev–Trinajstić information content (AvgIpc) is 2.98. The molecule has 0 unspecified atom stereocenters. The van der Waals surface area contributed by atoms with Gasteiger partial charge < -0.3 is 18.9 Å². The van der Waals surface area contributed by atoms with Crippen LogP contribution in [-0.4, -0.2) is 25.5 Å². The number of hydrogen-bond donors (Lipinski definition) is 0. The number of fused-ring (bicyclic) bond motifs is 4. The van der Waals surface area contributed by atoms with Gasteiger partial charge in [0.05, 0.1) is 13.2 Å². The monoisotopic (exact) mass is 530 g/mol. The van der Waals surface area contributed by atoms with E-state index in [2.05, 4.69) is 0 Å². The molecule has 0 aromatic heterocycles. The Balaban J connectivity index is 1.76. The summed E-state index contributed by atoms with van der Waals surface area (Å²) in [4.78, 5) is 25.0. The highest BCUT2D eigenvalue weighted by Gasteiger charge is 2.24. The molecule has 198 valence electrons. The fraction of sp³-hybridized carbons (Fsp3) is 0.118. The summed E-state index contributed by atoms with van der Waals surface area (Å²) in [5.41, 5.74) is 1.97. The molecule has 6 aromatic rings. The molecule has 0 N–H and O–H groups in total. The van der Waals surface area contributed by atoms with Crippen molar-refractivity contribution in [2.24, 2.45) is 0 Å². The highest BCUT2D eigenvalue weighted by atomic mass is 16.7. The van der Waals surface area contributed by atoms with E-state index >= 15 is 0 Å². The molecule has 0 fully saturated rings. The molecule has 0 bridgehead atoms. The normalized spacial score (nSPS) is 11.2. The van der Waals surface area contributed by atoms with Crippen LogP contribution in [0.2, 0.25) is 0 Å². The summed E-state index contributed by atoms with van der Waals surface area (Å²) in [5.74, 6) is 0.897. The van der Waals surface area contributed by atoms with Gasteiger partial charge in [-0.1, -0.05) is 97.1 Å². The summed E-state index contributed by atoms with van der Waals surface area (Å²) in [6.45, 7) is 3.91. The predicted molar refractivity (Wildman–Crippen MR) is 157 cm³/mol. The molecule has 0 aliphatic rings. The van der Waals surface area contributed by atoms with Crippen LogP contribution >= 0.6 is 0 Å². The van der Waals surface area contributed by atoms with E-state index in [0.717, 1.165) is 54.2 Å². The molecule has 0 radical (unpaired) electrons. The largest absolute Gasteiger partial charge is 0.513 e. The standard InChI is InChI=1S/C34H26O6/c1-3-37-33(35)39-31-25-17-9-5-13-21(25)29(22-14-6-10-18-26(22)31)30-23-15-7-11-19-27(23)32(40-34(36)38-4-2)28-20-12-8-16-24(28)30/h5-20H,3-4H2,1-2H3. The van der Waals surface area contributed by atoms with Crippen LogP contribution in [0.1, 0.15) is 13.8 Å². The zero-order valence-corrected chi connectivity index (χ0v) is 22.1. The van der Waals surface area contributed by atoms with Gasteiger partial charge in [0.25, 0.3) is 0 Å². The van der Waals surface area contributed by atoms with Gasteiger partial charge >= 0.3 is 12.3 Å². The van der Waals surface area contributed by atoms with Crippen LogP contribution in [0.25, 0.3) is 54.2 Å². The Kier molecular flexibility index (Phi) is 6.66. The molecule has 6 nitrogen and oxygen atoms in total. The Morgan fingerprint density at radius 1 is 0.450 bits per heavy atom. The predicted octanol–water partition coefficient (Wildman–Crippen LogP) is 9.04. The molecule has 0 atom stereocenters. The summed E-state index contributed by atoms with van der Waals surface area (Å²) < 4.78 is 21.8. The van der Waals surface area contributed by atoms with E-state index < -0.39 is 12.3 Å². The van der Waals surface area contributed by atoms with Crippen molar-refractivity contribution in [2.45, 2.75) is 13.8 Å². The zero-order valence-electron chi connectivity index (χ0n) is 22.1. The van der Waals surface area contributed by atoms with Crippen molar-refractivity contribution in [3.8, 4) is 22.6 Å². The topological polar surface area (TPSA) is 71.1 Å². The van der Waals surface area contributed by atoms with Crippen LogP contribution in [-0.2, 0) is 9.47 Å². The van der Waals surface area contributed by atoms with Crippen LogP contribution in [0.4, 0.5) is 9.59 Å². The number of carbonyl (C=O) groups excluding carboxylic acids is 2. The molecule has 6 heteroatoms. The van der Waals surface area contributed by atoms with Crippen molar-refractivity contribution in [2.75, 3.05) is 13.2 Å². The fourth-order valence-electron chi connectivity index (χ4n) is 5.40. The van der Waals surface area contributed by atoms with Gasteiger partial charge in [-0.25, -0.2) is 9.59 Å². The van der Waals surface area contributed by atoms with Crippen molar-refractivity contribution < 1.29 is 28.5 Å². The van der Waals surface area contributed by atoms with Crippen LogP contribution in [0.15, 0.2) is 97.1 Å². The lowest BCUT2D eigenvalue weighted by Crippen LogP contribution is -2.11. The van der Waals surface area contributed by atoms with Crippen LogP contribution < -0.4 is 9.47 Å². The van der Waals surface area contributed by atoms with Gasteiger partial charge in [-0.15, -0.1) is 0 Å². The van der Waals surface area contributed by atoms with Crippen molar-refractivity contribution in [1.29, 1.82) is 0 Å². The van der Waals surface area contributed by atoms with Gasteiger partial charge in [-0.3, -0.25) is 0 Å². The molecule has 6 rings (SSSR count). The quantitative estimate of drug-likeness (QED) is 0.126. The Labute approximate surface area is 230 Å². The number of rotatable bonds is 5. The molecule has 40 heavy (non-hydrogen) atoms. The van der Waals surface area contributed by atoms with Crippen molar-refractivity contribution in [1.82, 2.24) is 0 Å². The molecule has 0 aliphatic carbocycles. The first kappa shape index (κ1) is 25.2. The highest BCUT2D eigenvalue weighted by molar-refractivity contribution is 6.26. The lowest BCUT2D eigenvalue weighted by molar-refractivity contribution is 0.104. The first-order valence-corrected chi connectivity index (χ1v) is 13.2. The lowest BCUT2D eigenvalue weighted by atomic mass is 9.85. The van der Waals surface area contributed by atoms with E-state index in [1.54, 1.807) is 13.8 Å². The van der Waals surface area contributed by atoms with Gasteiger partial charge in [0, 0.05) is 21.5 Å². The van der Waals surface area contributed by atoms with Crippen molar-refractivity contribution >= 4 is 55.4 Å². The van der Waals surface area contributed by atoms with Crippen LogP contribution in [0.3, 0.4) is 0 Å². The van der Waals surface area contributed by atoms with Crippen molar-refractivity contribution in [3.63, 3.8) is 0 Å². The third-order valence-corrected chi connectivity index (χ3v) is 6.91. The van der Waals surface area contributed by atoms with Gasteiger partial charge in [-0.2, -0.15) is 0 Å². The number of ether oxygens (including phenoxy) is 4. The minimum Gasteiger partial charge on any atom is -0.434 e. The molecule has 0 amide bonds. The maximum atomic E-state index is 12.5. The van der Waals surface area contributed by atoms with Gasteiger partial charge in [-0.05, 0) is 46.5 Å². The zero-order chi connectivity index (χ0) is 27.6. The molecule has 0 saturated heterocycles. The minimum atomic E-state index is -0.748. The van der Waals surface area contributed by atoms with E-state index in [1.807, 2.05) is 97.1 Å². The summed E-state index contributed by atoms with van der Waals surface area (Å²) in [6, 6.07) is 31.5. The van der Waals surface area contributed by atoms with Crippen molar-refractivity contribution in [3.05, 3.63) is 97.1 Å². The van der Waals surface area contributed by atoms with E-state index in [-0.39, 0.29) is 13.2 Å². The molecule has 0 spiro atoms. The van der Waals surface area contributed by atoms with E-state index in [1.165, 1.54) is 0 Å². The Hall–Kier alpha value is -5.10. The van der Waals surface area contributed by atoms with E-state index in [9.17, 15) is 9.59 Å². The van der Waals surface area contributed by atoms with Gasteiger partial charge in [0.15, 0.2) is 0 Å². The smallest absolute Gasteiger partial charge is 0.434 e. The maximum Gasteiger partial charge on any atom is 0.513 e. The number of hydrogen-bond acceptors (Lipinski definition) is 6. The summed E-state index contributed by atoms with van der Waals surface area (Å²) in [5, 5.41) is 6.77. The minimum absolute atomic E-state index is 0.213. The maximum absolute atomic E-state index is 12.5. The number of carbonyl (C=O) groups is 2. The molecule has 0 saturated carbocycles.